The van der Waals surface area contributed by atoms with E-state index >= 15 is 0 Å². The van der Waals surface area contributed by atoms with E-state index in [9.17, 15) is 8.42 Å². The van der Waals surface area contributed by atoms with E-state index in [-0.39, 0.29) is 10.5 Å². The zero-order chi connectivity index (χ0) is 9.90. The minimum atomic E-state index is -4.20. The monoisotopic (exact) mass is 200 g/mol. The van der Waals surface area contributed by atoms with Crippen LogP contribution in [-0.2, 0) is 10.1 Å². The van der Waals surface area contributed by atoms with Gasteiger partial charge in [0.05, 0.1) is 6.21 Å². The number of benzene rings is 1. The molecule has 1 rings (SSSR count). The van der Waals surface area contributed by atoms with Gasteiger partial charge < -0.3 is 5.84 Å². The van der Waals surface area contributed by atoms with E-state index in [4.69, 9.17) is 10.4 Å². The van der Waals surface area contributed by atoms with Gasteiger partial charge in [-0.2, -0.15) is 13.5 Å². The third-order valence-electron chi connectivity index (χ3n) is 1.41. The van der Waals surface area contributed by atoms with Gasteiger partial charge in [-0.1, -0.05) is 18.2 Å². The number of nitrogens with two attached hydrogens (primary N) is 1. The second-order valence-electron chi connectivity index (χ2n) is 2.29. The fraction of sp³-hybridized carbons (Fsp3) is 0. The van der Waals surface area contributed by atoms with Crippen LogP contribution in [-0.4, -0.2) is 19.2 Å². The molecular formula is C7H8N2O3S. The van der Waals surface area contributed by atoms with Crippen LogP contribution in [0, 0.1) is 0 Å². The molecule has 0 saturated carbocycles. The molecule has 0 aliphatic rings. The Hall–Kier alpha value is -1.40. The normalized spacial score (nSPS) is 12.1. The first kappa shape index (κ1) is 9.69. The summed E-state index contributed by atoms with van der Waals surface area (Å²) in [7, 11) is -4.20. The van der Waals surface area contributed by atoms with Gasteiger partial charge in [0, 0.05) is 5.56 Å². The van der Waals surface area contributed by atoms with Gasteiger partial charge in [0.15, 0.2) is 0 Å². The largest absolute Gasteiger partial charge is 0.323 e. The number of hydrazone groups is 1. The Morgan fingerprint density at radius 3 is 2.54 bits per heavy atom. The zero-order valence-electron chi connectivity index (χ0n) is 6.58. The smallest absolute Gasteiger partial charge is 0.295 e. The lowest BCUT2D eigenvalue weighted by molar-refractivity contribution is 0.483. The highest BCUT2D eigenvalue weighted by Crippen LogP contribution is 2.12. The lowest BCUT2D eigenvalue weighted by Crippen LogP contribution is -2.02. The van der Waals surface area contributed by atoms with Crippen molar-refractivity contribution in [3.05, 3.63) is 29.8 Å². The summed E-state index contributed by atoms with van der Waals surface area (Å²) in [6.07, 6.45) is 1.16. The summed E-state index contributed by atoms with van der Waals surface area (Å²) in [4.78, 5) is -0.204. The maximum atomic E-state index is 10.8. The number of hydrogen-bond donors (Lipinski definition) is 2. The van der Waals surface area contributed by atoms with Crippen molar-refractivity contribution in [3.8, 4) is 0 Å². The summed E-state index contributed by atoms with van der Waals surface area (Å²) >= 11 is 0. The van der Waals surface area contributed by atoms with Crippen molar-refractivity contribution in [3.63, 3.8) is 0 Å². The van der Waals surface area contributed by atoms with Crippen LogP contribution in [0.1, 0.15) is 5.56 Å². The SMILES string of the molecule is NN=Cc1ccccc1S(=O)(=O)O. The van der Waals surface area contributed by atoms with Crippen LogP contribution in [0.4, 0.5) is 0 Å². The molecule has 0 aliphatic carbocycles. The van der Waals surface area contributed by atoms with Crippen molar-refractivity contribution in [2.24, 2.45) is 10.9 Å². The van der Waals surface area contributed by atoms with Gasteiger partial charge >= 0.3 is 0 Å². The first-order valence-corrected chi connectivity index (χ1v) is 4.79. The molecule has 0 bridgehead atoms. The number of rotatable bonds is 2. The molecular weight excluding hydrogens is 192 g/mol. The molecule has 1 aromatic carbocycles. The van der Waals surface area contributed by atoms with Gasteiger partial charge in [-0.05, 0) is 6.07 Å². The lowest BCUT2D eigenvalue weighted by Gasteiger charge is -1.99. The molecule has 0 amide bonds. The zero-order valence-corrected chi connectivity index (χ0v) is 7.40. The Kier molecular flexibility index (Phi) is 2.64. The molecule has 5 nitrogen and oxygen atoms in total. The predicted molar refractivity (Wildman–Crippen MR) is 48.0 cm³/mol. The molecule has 70 valence electrons. The summed E-state index contributed by atoms with van der Waals surface area (Å²) in [5.41, 5.74) is 0.257. The third-order valence-corrected chi connectivity index (χ3v) is 2.34. The van der Waals surface area contributed by atoms with Crippen molar-refractivity contribution in [1.82, 2.24) is 0 Å². The second-order valence-corrected chi connectivity index (χ2v) is 3.68. The molecule has 6 heteroatoms. The summed E-state index contributed by atoms with van der Waals surface area (Å²) in [5, 5.41) is 3.18. The molecule has 0 spiro atoms. The van der Waals surface area contributed by atoms with Crippen molar-refractivity contribution >= 4 is 16.3 Å². The molecule has 0 saturated heterocycles. The van der Waals surface area contributed by atoms with Gasteiger partial charge in [0.1, 0.15) is 4.90 Å². The first-order valence-electron chi connectivity index (χ1n) is 3.35. The standard InChI is InChI=1S/C7H8N2O3S/c8-9-5-6-3-1-2-4-7(6)13(10,11)12/h1-5H,8H2,(H,10,11,12). The van der Waals surface area contributed by atoms with E-state index in [1.807, 2.05) is 0 Å². The Balaban J connectivity index is 3.37. The number of nitrogens with zero attached hydrogens (tertiary/aromatic N) is 1. The Labute approximate surface area is 75.6 Å². The second kappa shape index (κ2) is 3.55. The van der Waals surface area contributed by atoms with Crippen LogP contribution in [0.15, 0.2) is 34.3 Å². The minimum Gasteiger partial charge on any atom is -0.323 e. The quantitative estimate of drug-likeness (QED) is 0.309. The van der Waals surface area contributed by atoms with Crippen molar-refractivity contribution in [1.29, 1.82) is 0 Å². The first-order chi connectivity index (χ1) is 6.05. The fourth-order valence-corrected chi connectivity index (χ4v) is 1.57. The van der Waals surface area contributed by atoms with E-state index in [0.717, 1.165) is 6.21 Å². The molecule has 0 fully saturated rings. The van der Waals surface area contributed by atoms with Gasteiger partial charge in [-0.15, -0.1) is 0 Å². The van der Waals surface area contributed by atoms with Crippen LogP contribution in [0.3, 0.4) is 0 Å². The van der Waals surface area contributed by atoms with Gasteiger partial charge in [0.2, 0.25) is 0 Å². The van der Waals surface area contributed by atoms with E-state index in [2.05, 4.69) is 5.10 Å². The van der Waals surface area contributed by atoms with E-state index in [1.54, 1.807) is 6.07 Å². The highest BCUT2D eigenvalue weighted by atomic mass is 32.2. The lowest BCUT2D eigenvalue weighted by atomic mass is 10.2. The van der Waals surface area contributed by atoms with Gasteiger partial charge in [0.25, 0.3) is 10.1 Å². The Morgan fingerprint density at radius 1 is 1.38 bits per heavy atom. The van der Waals surface area contributed by atoms with Crippen LogP contribution in [0.2, 0.25) is 0 Å². The van der Waals surface area contributed by atoms with Crippen LogP contribution < -0.4 is 5.84 Å². The summed E-state index contributed by atoms with van der Waals surface area (Å²) in [5.74, 6) is 4.87. The van der Waals surface area contributed by atoms with Crippen molar-refractivity contribution in [2.75, 3.05) is 0 Å². The molecule has 0 aliphatic heterocycles. The van der Waals surface area contributed by atoms with Crippen molar-refractivity contribution < 1.29 is 13.0 Å². The summed E-state index contributed by atoms with van der Waals surface area (Å²) < 4.78 is 30.3. The Bertz CT molecular complexity index is 425. The van der Waals surface area contributed by atoms with Gasteiger partial charge in [-0.25, -0.2) is 0 Å². The minimum absolute atomic E-state index is 0.204. The molecule has 1 aromatic rings. The van der Waals surface area contributed by atoms with Crippen LogP contribution in [0.25, 0.3) is 0 Å². The topological polar surface area (TPSA) is 92.8 Å². The molecule has 0 radical (unpaired) electrons. The Morgan fingerprint density at radius 2 is 2.00 bits per heavy atom. The van der Waals surface area contributed by atoms with E-state index in [1.165, 1.54) is 18.2 Å². The fourth-order valence-electron chi connectivity index (χ4n) is 0.902. The molecule has 0 heterocycles. The molecule has 0 aromatic heterocycles. The van der Waals surface area contributed by atoms with Crippen molar-refractivity contribution in [2.45, 2.75) is 4.90 Å². The highest BCUT2D eigenvalue weighted by molar-refractivity contribution is 7.86. The third kappa shape index (κ3) is 2.27. The van der Waals surface area contributed by atoms with Crippen LogP contribution >= 0.6 is 0 Å². The summed E-state index contributed by atoms with van der Waals surface area (Å²) in [6.45, 7) is 0. The van der Waals surface area contributed by atoms with E-state index in [0.29, 0.717) is 0 Å². The van der Waals surface area contributed by atoms with Gasteiger partial charge in [-0.3, -0.25) is 4.55 Å². The molecule has 0 atom stereocenters. The summed E-state index contributed by atoms with van der Waals surface area (Å²) in [6, 6.07) is 5.87. The number of hydrogen-bond acceptors (Lipinski definition) is 4. The van der Waals surface area contributed by atoms with E-state index < -0.39 is 10.1 Å². The average molecular weight is 200 g/mol. The maximum Gasteiger partial charge on any atom is 0.295 e. The molecule has 13 heavy (non-hydrogen) atoms. The maximum absolute atomic E-state index is 10.8. The highest BCUT2D eigenvalue weighted by Gasteiger charge is 2.12. The van der Waals surface area contributed by atoms with Crippen LogP contribution in [0.5, 0.6) is 0 Å². The average Bonchev–Trinajstić information content (AvgIpc) is 2.04. The predicted octanol–water partition coefficient (Wildman–Crippen LogP) is 0.226. The molecule has 3 N–H and O–H groups in total. The molecule has 0 unspecified atom stereocenters.